The van der Waals surface area contributed by atoms with Crippen LogP contribution in [0.15, 0.2) is 53.0 Å². The van der Waals surface area contributed by atoms with E-state index in [9.17, 15) is 8.42 Å². The number of hydrogen-bond acceptors (Lipinski definition) is 5. The maximum Gasteiger partial charge on any atom is 0.297 e. The molecule has 108 valence electrons. The summed E-state index contributed by atoms with van der Waals surface area (Å²) in [5, 5.41) is 9.43. The van der Waals surface area contributed by atoms with Crippen molar-refractivity contribution in [2.45, 2.75) is 11.6 Å². The molecule has 21 heavy (non-hydrogen) atoms. The van der Waals surface area contributed by atoms with Crippen LogP contribution in [0.4, 0.5) is 0 Å². The molecule has 0 atom stereocenters. The van der Waals surface area contributed by atoms with Gasteiger partial charge in [0.1, 0.15) is 5.82 Å². The Bertz CT molecular complexity index is 843. The molecule has 0 aliphatic carbocycles. The molecule has 2 aromatic heterocycles. The maximum atomic E-state index is 11.7. The molecule has 0 saturated carbocycles. The minimum absolute atomic E-state index is 0.262. The van der Waals surface area contributed by atoms with Crippen LogP contribution in [0, 0.1) is 0 Å². The monoisotopic (exact) mass is 339 g/mol. The highest BCUT2D eigenvalue weighted by atomic mass is 35.7. The zero-order valence-corrected chi connectivity index (χ0v) is 13.1. The van der Waals surface area contributed by atoms with E-state index in [2.05, 4.69) is 10.2 Å². The van der Waals surface area contributed by atoms with Gasteiger partial charge in [-0.05, 0) is 23.6 Å². The number of benzene rings is 1. The Morgan fingerprint density at radius 3 is 2.48 bits per heavy atom. The summed E-state index contributed by atoms with van der Waals surface area (Å²) in [6.07, 6.45) is 0.492. The number of nitrogens with zero attached hydrogens (tertiary/aromatic N) is 3. The molecule has 0 unspecified atom stereocenters. The number of halogens is 1. The molecule has 0 saturated heterocycles. The predicted octanol–water partition coefficient (Wildman–Crippen LogP) is 2.85. The first-order valence-corrected chi connectivity index (χ1v) is 9.21. The molecular weight excluding hydrogens is 330 g/mol. The minimum atomic E-state index is -3.97. The summed E-state index contributed by atoms with van der Waals surface area (Å²) in [5.74, 6) is 0.530. The average Bonchev–Trinajstić information content (AvgIpc) is 3.09. The Labute approximate surface area is 130 Å². The summed E-state index contributed by atoms with van der Waals surface area (Å²) in [4.78, 5) is 1.07. The Balaban J connectivity index is 2.15. The first-order chi connectivity index (χ1) is 10.1. The van der Waals surface area contributed by atoms with Crippen molar-refractivity contribution in [2.75, 3.05) is 0 Å². The summed E-state index contributed by atoms with van der Waals surface area (Å²) in [6, 6.07) is 12.9. The van der Waals surface area contributed by atoms with Gasteiger partial charge in [0.25, 0.3) is 14.2 Å². The third-order valence-electron chi connectivity index (χ3n) is 2.85. The number of hydrogen-bond donors (Lipinski definition) is 0. The standard InChI is InChI=1S/C13H10ClN3O2S2/c14-21(18,19)13-16-15-12(9-11-7-4-8-20-11)17(13)10-5-2-1-3-6-10/h1-8H,9H2. The van der Waals surface area contributed by atoms with Gasteiger partial charge in [-0.1, -0.05) is 24.3 Å². The number of thiophene rings is 1. The van der Waals surface area contributed by atoms with E-state index in [-0.39, 0.29) is 5.16 Å². The fourth-order valence-corrected chi connectivity index (χ4v) is 3.55. The van der Waals surface area contributed by atoms with Crippen LogP contribution in [-0.4, -0.2) is 23.2 Å². The van der Waals surface area contributed by atoms with E-state index in [1.165, 1.54) is 4.57 Å². The Morgan fingerprint density at radius 1 is 1.10 bits per heavy atom. The van der Waals surface area contributed by atoms with Gasteiger partial charge in [0.2, 0.25) is 0 Å². The van der Waals surface area contributed by atoms with Crippen LogP contribution in [0.1, 0.15) is 10.7 Å². The molecule has 8 heteroatoms. The SMILES string of the molecule is O=S(=O)(Cl)c1nnc(Cc2cccs2)n1-c1ccccc1. The quantitative estimate of drug-likeness (QED) is 0.686. The summed E-state index contributed by atoms with van der Waals surface area (Å²) < 4.78 is 24.8. The predicted molar refractivity (Wildman–Crippen MR) is 81.5 cm³/mol. The summed E-state index contributed by atoms with van der Waals surface area (Å²) in [7, 11) is 1.49. The van der Waals surface area contributed by atoms with Gasteiger partial charge in [-0.3, -0.25) is 4.57 Å². The second-order valence-corrected chi connectivity index (χ2v) is 7.76. The van der Waals surface area contributed by atoms with Gasteiger partial charge >= 0.3 is 0 Å². The van der Waals surface area contributed by atoms with Gasteiger partial charge in [0.15, 0.2) is 0 Å². The lowest BCUT2D eigenvalue weighted by atomic mass is 10.3. The molecule has 2 heterocycles. The van der Waals surface area contributed by atoms with Crippen LogP contribution in [0.2, 0.25) is 0 Å². The van der Waals surface area contributed by atoms with Crippen molar-refractivity contribution < 1.29 is 8.42 Å². The highest BCUT2D eigenvalue weighted by molar-refractivity contribution is 8.13. The minimum Gasteiger partial charge on any atom is -0.269 e. The Morgan fingerprint density at radius 2 is 1.86 bits per heavy atom. The first-order valence-electron chi connectivity index (χ1n) is 6.02. The molecule has 0 aliphatic heterocycles. The van der Waals surface area contributed by atoms with Crippen LogP contribution >= 0.6 is 22.0 Å². The molecule has 5 nitrogen and oxygen atoms in total. The van der Waals surface area contributed by atoms with E-state index in [1.54, 1.807) is 23.5 Å². The van der Waals surface area contributed by atoms with E-state index >= 15 is 0 Å². The molecule has 1 aromatic carbocycles. The van der Waals surface area contributed by atoms with Gasteiger partial charge in [-0.15, -0.1) is 21.5 Å². The van der Waals surface area contributed by atoms with Gasteiger partial charge in [-0.25, -0.2) is 8.42 Å². The van der Waals surface area contributed by atoms with Crippen molar-refractivity contribution in [1.82, 2.24) is 14.8 Å². The maximum absolute atomic E-state index is 11.7. The van der Waals surface area contributed by atoms with Crippen molar-refractivity contribution in [3.63, 3.8) is 0 Å². The second kappa shape index (κ2) is 5.59. The summed E-state index contributed by atoms with van der Waals surface area (Å²) >= 11 is 1.57. The van der Waals surface area contributed by atoms with Crippen molar-refractivity contribution in [2.24, 2.45) is 0 Å². The summed E-state index contributed by atoms with van der Waals surface area (Å²) in [6.45, 7) is 0. The number of para-hydroxylation sites is 1. The Hall–Kier alpha value is -1.70. The molecule has 0 bridgehead atoms. The van der Waals surface area contributed by atoms with E-state index in [4.69, 9.17) is 10.7 Å². The fraction of sp³-hybridized carbons (Fsp3) is 0.0769. The lowest BCUT2D eigenvalue weighted by Gasteiger charge is -2.08. The largest absolute Gasteiger partial charge is 0.297 e. The number of aromatic nitrogens is 3. The molecule has 0 fully saturated rings. The van der Waals surface area contributed by atoms with Crippen LogP contribution < -0.4 is 0 Å². The molecule has 0 radical (unpaired) electrons. The molecule has 0 spiro atoms. The van der Waals surface area contributed by atoms with Gasteiger partial charge < -0.3 is 0 Å². The van der Waals surface area contributed by atoms with Crippen molar-refractivity contribution in [3.8, 4) is 5.69 Å². The normalized spacial score (nSPS) is 11.7. The van der Waals surface area contributed by atoms with Crippen molar-refractivity contribution in [3.05, 3.63) is 58.5 Å². The van der Waals surface area contributed by atoms with Crippen molar-refractivity contribution in [1.29, 1.82) is 0 Å². The second-order valence-electron chi connectivity index (χ2n) is 4.26. The molecular formula is C13H10ClN3O2S2. The zero-order chi connectivity index (χ0) is 14.9. The van der Waals surface area contributed by atoms with Crippen LogP contribution in [0.5, 0.6) is 0 Å². The van der Waals surface area contributed by atoms with Crippen LogP contribution in [0.25, 0.3) is 5.69 Å². The molecule has 0 aliphatic rings. The number of rotatable bonds is 4. The highest BCUT2D eigenvalue weighted by Gasteiger charge is 2.23. The third kappa shape index (κ3) is 2.99. The summed E-state index contributed by atoms with van der Waals surface area (Å²) in [5.41, 5.74) is 0.660. The van der Waals surface area contributed by atoms with Crippen LogP contribution in [0.3, 0.4) is 0 Å². The van der Waals surface area contributed by atoms with Gasteiger partial charge in [0.05, 0.1) is 0 Å². The van der Waals surface area contributed by atoms with E-state index in [0.29, 0.717) is 17.9 Å². The third-order valence-corrected chi connectivity index (χ3v) is 4.84. The van der Waals surface area contributed by atoms with E-state index < -0.39 is 9.05 Å². The van der Waals surface area contributed by atoms with Crippen LogP contribution in [-0.2, 0) is 15.5 Å². The molecule has 0 N–H and O–H groups in total. The van der Waals surface area contributed by atoms with E-state index in [0.717, 1.165) is 4.88 Å². The fourth-order valence-electron chi connectivity index (χ4n) is 1.98. The smallest absolute Gasteiger partial charge is 0.269 e. The van der Waals surface area contributed by atoms with Gasteiger partial charge in [-0.2, -0.15) is 0 Å². The molecule has 0 amide bonds. The lowest BCUT2D eigenvalue weighted by molar-refractivity contribution is 0.597. The lowest BCUT2D eigenvalue weighted by Crippen LogP contribution is -2.07. The first kappa shape index (κ1) is 14.2. The van der Waals surface area contributed by atoms with Crippen molar-refractivity contribution >= 4 is 31.1 Å². The molecule has 3 rings (SSSR count). The Kier molecular flexibility index (Phi) is 3.79. The zero-order valence-electron chi connectivity index (χ0n) is 10.7. The average molecular weight is 340 g/mol. The van der Waals surface area contributed by atoms with E-state index in [1.807, 2.05) is 35.7 Å². The topological polar surface area (TPSA) is 64.8 Å². The molecule has 3 aromatic rings. The van der Waals surface area contributed by atoms with Gasteiger partial charge in [0, 0.05) is 27.7 Å². The highest BCUT2D eigenvalue weighted by Crippen LogP contribution is 2.22.